The lowest BCUT2D eigenvalue weighted by molar-refractivity contribution is -0.123. The van der Waals surface area contributed by atoms with E-state index in [1.807, 2.05) is 30.3 Å². The van der Waals surface area contributed by atoms with Crippen LogP contribution in [-0.4, -0.2) is 21.5 Å². The van der Waals surface area contributed by atoms with Crippen molar-refractivity contribution in [1.29, 1.82) is 0 Å². The molecule has 2 aromatic carbocycles. The minimum atomic E-state index is -1.22. The van der Waals surface area contributed by atoms with Gasteiger partial charge in [-0.05, 0) is 51.1 Å². The van der Waals surface area contributed by atoms with Gasteiger partial charge in [-0.25, -0.2) is 4.68 Å². The van der Waals surface area contributed by atoms with Gasteiger partial charge in [0, 0.05) is 22.9 Å². The molecule has 0 bridgehead atoms. The van der Waals surface area contributed by atoms with E-state index in [1.165, 1.54) is 17.7 Å². The van der Waals surface area contributed by atoms with Crippen molar-refractivity contribution in [3.05, 3.63) is 82.6 Å². The highest BCUT2D eigenvalue weighted by molar-refractivity contribution is 5.97. The number of nitrogens with zero attached hydrogens (tertiary/aromatic N) is 2. The number of carbonyl (C=O) groups is 2. The van der Waals surface area contributed by atoms with E-state index in [2.05, 4.69) is 10.4 Å². The minimum Gasteiger partial charge on any atom is -0.324 e. The predicted molar refractivity (Wildman–Crippen MR) is 108 cm³/mol. The molecule has 0 unspecified atom stereocenters. The Morgan fingerprint density at radius 3 is 2.18 bits per heavy atom. The van der Waals surface area contributed by atoms with Crippen molar-refractivity contribution in [3.63, 3.8) is 0 Å². The fourth-order valence-electron chi connectivity index (χ4n) is 2.74. The van der Waals surface area contributed by atoms with Crippen LogP contribution in [-0.2, 0) is 10.3 Å². The van der Waals surface area contributed by atoms with Gasteiger partial charge in [-0.2, -0.15) is 5.10 Å². The number of ketones is 1. The molecule has 1 amide bonds. The van der Waals surface area contributed by atoms with E-state index in [1.54, 1.807) is 44.2 Å². The molecule has 0 aliphatic rings. The molecule has 0 saturated heterocycles. The normalized spacial score (nSPS) is 11.1. The third-order valence-corrected chi connectivity index (χ3v) is 4.50. The van der Waals surface area contributed by atoms with E-state index in [9.17, 15) is 14.4 Å². The Balaban J connectivity index is 1.90. The van der Waals surface area contributed by atoms with Crippen LogP contribution in [0.1, 0.15) is 31.1 Å². The summed E-state index contributed by atoms with van der Waals surface area (Å²) in [5.41, 5.74) is 0.966. The first-order chi connectivity index (χ1) is 13.3. The van der Waals surface area contributed by atoms with Gasteiger partial charge in [-0.3, -0.25) is 14.4 Å². The Bertz CT molecular complexity index is 1070. The molecule has 0 aliphatic carbocycles. The van der Waals surface area contributed by atoms with Crippen molar-refractivity contribution in [1.82, 2.24) is 9.78 Å². The summed E-state index contributed by atoms with van der Waals surface area (Å²) in [4.78, 5) is 36.7. The van der Waals surface area contributed by atoms with Crippen LogP contribution in [0.2, 0.25) is 0 Å². The predicted octanol–water partition coefficient (Wildman–Crippen LogP) is 3.49. The third kappa shape index (κ3) is 3.91. The minimum absolute atomic E-state index is 0.0494. The molecule has 0 fully saturated rings. The largest absolute Gasteiger partial charge is 0.324 e. The second-order valence-corrected chi connectivity index (χ2v) is 6.98. The van der Waals surface area contributed by atoms with E-state index in [-0.39, 0.29) is 17.2 Å². The highest BCUT2D eigenvalue weighted by atomic mass is 16.2. The first kappa shape index (κ1) is 19.2. The highest BCUT2D eigenvalue weighted by Crippen LogP contribution is 2.20. The number of hydrogen-bond donors (Lipinski definition) is 1. The molecule has 6 nitrogen and oxygen atoms in total. The summed E-state index contributed by atoms with van der Waals surface area (Å²) < 4.78 is 1.19. The van der Waals surface area contributed by atoms with Crippen molar-refractivity contribution in [2.24, 2.45) is 0 Å². The second-order valence-electron chi connectivity index (χ2n) is 6.98. The maximum Gasteiger partial charge on any atom is 0.267 e. The molecule has 1 N–H and O–H groups in total. The summed E-state index contributed by atoms with van der Waals surface area (Å²) in [6.07, 6.45) is 0. The van der Waals surface area contributed by atoms with Crippen molar-refractivity contribution in [2.45, 2.75) is 26.3 Å². The van der Waals surface area contributed by atoms with Gasteiger partial charge in [0.05, 0.1) is 5.69 Å². The van der Waals surface area contributed by atoms with Crippen LogP contribution in [0, 0.1) is 0 Å². The highest BCUT2D eigenvalue weighted by Gasteiger charge is 2.32. The summed E-state index contributed by atoms with van der Waals surface area (Å²) in [5, 5.41) is 7.20. The van der Waals surface area contributed by atoms with Gasteiger partial charge in [-0.15, -0.1) is 0 Å². The molecule has 3 rings (SSSR count). The SMILES string of the molecule is CC(=O)c1ccc(NC(=O)C(C)(C)n2nc(-c3ccccc3)ccc2=O)cc1. The number of hydrogen-bond acceptors (Lipinski definition) is 4. The Labute approximate surface area is 162 Å². The number of Topliss-reactive ketones (excluding diaryl/α,β-unsaturated/α-hetero) is 1. The lowest BCUT2D eigenvalue weighted by Crippen LogP contribution is -2.47. The number of carbonyl (C=O) groups excluding carboxylic acids is 2. The van der Waals surface area contributed by atoms with Gasteiger partial charge in [0.1, 0.15) is 5.54 Å². The van der Waals surface area contributed by atoms with Crippen LogP contribution in [0.15, 0.2) is 71.5 Å². The quantitative estimate of drug-likeness (QED) is 0.692. The van der Waals surface area contributed by atoms with Crippen LogP contribution in [0.5, 0.6) is 0 Å². The molecule has 1 heterocycles. The third-order valence-electron chi connectivity index (χ3n) is 4.50. The number of benzene rings is 2. The lowest BCUT2D eigenvalue weighted by Gasteiger charge is -2.25. The second kappa shape index (κ2) is 7.60. The van der Waals surface area contributed by atoms with Gasteiger partial charge < -0.3 is 5.32 Å². The van der Waals surface area contributed by atoms with Crippen LogP contribution < -0.4 is 10.9 Å². The summed E-state index contributed by atoms with van der Waals surface area (Å²) in [6.45, 7) is 4.75. The molecule has 6 heteroatoms. The average Bonchev–Trinajstić information content (AvgIpc) is 2.69. The van der Waals surface area contributed by atoms with Crippen molar-refractivity contribution >= 4 is 17.4 Å². The molecule has 0 radical (unpaired) electrons. The molecule has 0 aliphatic heterocycles. The molecule has 0 spiro atoms. The first-order valence-electron chi connectivity index (χ1n) is 8.88. The number of amides is 1. The number of anilines is 1. The van der Waals surface area contributed by atoms with E-state index >= 15 is 0 Å². The number of rotatable bonds is 5. The number of aromatic nitrogens is 2. The Kier molecular flexibility index (Phi) is 5.22. The molecule has 1 aromatic heterocycles. The zero-order valence-electron chi connectivity index (χ0n) is 16.0. The molecule has 28 heavy (non-hydrogen) atoms. The standard InChI is InChI=1S/C22H21N3O3/c1-15(26)16-9-11-18(12-10-16)23-21(28)22(2,3)25-20(27)14-13-19(24-25)17-7-5-4-6-8-17/h4-14H,1-3H3,(H,23,28). The van der Waals surface area contributed by atoms with Gasteiger partial charge in [-0.1, -0.05) is 30.3 Å². The monoisotopic (exact) mass is 375 g/mol. The molecule has 142 valence electrons. The van der Waals surface area contributed by atoms with Crippen molar-refractivity contribution in [2.75, 3.05) is 5.32 Å². The van der Waals surface area contributed by atoms with Gasteiger partial charge in [0.25, 0.3) is 11.5 Å². The van der Waals surface area contributed by atoms with E-state index < -0.39 is 5.54 Å². The Hall–Kier alpha value is -3.54. The van der Waals surface area contributed by atoms with Crippen LogP contribution in [0.4, 0.5) is 5.69 Å². The Morgan fingerprint density at radius 1 is 0.929 bits per heavy atom. The molecular formula is C22H21N3O3. The first-order valence-corrected chi connectivity index (χ1v) is 8.88. The average molecular weight is 375 g/mol. The van der Waals surface area contributed by atoms with E-state index in [0.29, 0.717) is 16.9 Å². The lowest BCUT2D eigenvalue weighted by atomic mass is 10.0. The zero-order chi connectivity index (χ0) is 20.3. The van der Waals surface area contributed by atoms with E-state index in [4.69, 9.17) is 0 Å². The Morgan fingerprint density at radius 2 is 1.57 bits per heavy atom. The zero-order valence-corrected chi connectivity index (χ0v) is 16.0. The van der Waals surface area contributed by atoms with Crippen LogP contribution >= 0.6 is 0 Å². The summed E-state index contributed by atoms with van der Waals surface area (Å²) >= 11 is 0. The van der Waals surface area contributed by atoms with Crippen LogP contribution in [0.3, 0.4) is 0 Å². The van der Waals surface area contributed by atoms with Gasteiger partial charge in [0.2, 0.25) is 0 Å². The van der Waals surface area contributed by atoms with Crippen LogP contribution in [0.25, 0.3) is 11.3 Å². The maximum atomic E-state index is 12.9. The summed E-state index contributed by atoms with van der Waals surface area (Å²) in [6, 6.07) is 19.1. The maximum absolute atomic E-state index is 12.9. The molecule has 0 atom stereocenters. The molecule has 0 saturated carbocycles. The summed E-state index contributed by atoms with van der Waals surface area (Å²) in [5.74, 6) is -0.436. The fraction of sp³-hybridized carbons (Fsp3) is 0.182. The fourth-order valence-corrected chi connectivity index (χ4v) is 2.74. The molecular weight excluding hydrogens is 354 g/mol. The summed E-state index contributed by atoms with van der Waals surface area (Å²) in [7, 11) is 0. The smallest absolute Gasteiger partial charge is 0.267 e. The van der Waals surface area contributed by atoms with Crippen molar-refractivity contribution in [3.8, 4) is 11.3 Å². The topological polar surface area (TPSA) is 81.1 Å². The molecule has 3 aromatic rings. The van der Waals surface area contributed by atoms with E-state index in [0.717, 1.165) is 5.56 Å². The van der Waals surface area contributed by atoms with Gasteiger partial charge >= 0.3 is 0 Å². The van der Waals surface area contributed by atoms with Crippen molar-refractivity contribution < 1.29 is 9.59 Å². The van der Waals surface area contributed by atoms with Gasteiger partial charge in [0.15, 0.2) is 5.78 Å². The number of nitrogens with one attached hydrogen (secondary N) is 1.